The molecule has 3 rings (SSSR count). The minimum Gasteiger partial charge on any atom is -0.493 e. The third-order valence-corrected chi connectivity index (χ3v) is 5.89. The van der Waals surface area contributed by atoms with Gasteiger partial charge in [0.25, 0.3) is 5.91 Å². The van der Waals surface area contributed by atoms with Gasteiger partial charge in [0.2, 0.25) is 5.91 Å². The Balaban J connectivity index is 1.60. The highest BCUT2D eigenvalue weighted by molar-refractivity contribution is 7.16. The van der Waals surface area contributed by atoms with Gasteiger partial charge in [-0.05, 0) is 30.3 Å². The molecule has 1 saturated heterocycles. The molecule has 1 N–H and O–H groups in total. The summed E-state index contributed by atoms with van der Waals surface area (Å²) in [6, 6.07) is 8.86. The molecule has 0 radical (unpaired) electrons. The molecule has 2 heterocycles. The lowest BCUT2D eigenvalue weighted by Crippen LogP contribution is -2.40. The van der Waals surface area contributed by atoms with Gasteiger partial charge in [-0.3, -0.25) is 9.59 Å². The second kappa shape index (κ2) is 9.30. The summed E-state index contributed by atoms with van der Waals surface area (Å²) < 4.78 is 12.2. The highest BCUT2D eigenvalue weighted by atomic mass is 35.5. The number of benzene rings is 1. The fourth-order valence-electron chi connectivity index (χ4n) is 3.09. The van der Waals surface area contributed by atoms with Crippen LogP contribution in [0.2, 0.25) is 4.34 Å². The van der Waals surface area contributed by atoms with Gasteiger partial charge in [0.05, 0.1) is 18.0 Å². The van der Waals surface area contributed by atoms with Crippen LogP contribution in [0.1, 0.15) is 35.0 Å². The Morgan fingerprint density at radius 3 is 2.57 bits per heavy atom. The average molecular weight is 423 g/mol. The van der Waals surface area contributed by atoms with Crippen molar-refractivity contribution in [2.45, 2.75) is 32.4 Å². The Bertz CT molecular complexity index is 846. The van der Waals surface area contributed by atoms with Crippen molar-refractivity contribution < 1.29 is 19.1 Å². The largest absolute Gasteiger partial charge is 0.493 e. The molecular weight excluding hydrogens is 400 g/mol. The summed E-state index contributed by atoms with van der Waals surface area (Å²) in [7, 11) is 1.55. The Labute approximate surface area is 173 Å². The Hall–Kier alpha value is -2.25. The summed E-state index contributed by atoms with van der Waals surface area (Å²) in [5.74, 6) is 1.02. The minimum absolute atomic E-state index is 0.0211. The summed E-state index contributed by atoms with van der Waals surface area (Å²) in [6.45, 7) is 3.39. The molecule has 2 amide bonds. The molecule has 1 aliphatic heterocycles. The zero-order valence-corrected chi connectivity index (χ0v) is 17.4. The molecule has 0 atom stereocenters. The molecule has 1 fully saturated rings. The molecule has 150 valence electrons. The summed E-state index contributed by atoms with van der Waals surface area (Å²) in [6.07, 6.45) is 1.57. The van der Waals surface area contributed by atoms with Crippen LogP contribution in [0.3, 0.4) is 0 Å². The first kappa shape index (κ1) is 20.5. The van der Waals surface area contributed by atoms with Crippen molar-refractivity contribution in [3.63, 3.8) is 0 Å². The van der Waals surface area contributed by atoms with E-state index >= 15 is 0 Å². The third kappa shape index (κ3) is 5.17. The topological polar surface area (TPSA) is 67.9 Å². The molecule has 8 heteroatoms. The van der Waals surface area contributed by atoms with Gasteiger partial charge in [-0.25, -0.2) is 0 Å². The van der Waals surface area contributed by atoms with E-state index in [9.17, 15) is 9.59 Å². The lowest BCUT2D eigenvalue weighted by Gasteiger charge is -2.31. The van der Waals surface area contributed by atoms with Crippen molar-refractivity contribution in [3.8, 4) is 11.5 Å². The van der Waals surface area contributed by atoms with Crippen LogP contribution in [-0.2, 0) is 11.3 Å². The van der Waals surface area contributed by atoms with E-state index in [-0.39, 0.29) is 17.9 Å². The van der Waals surface area contributed by atoms with Crippen molar-refractivity contribution in [2.24, 2.45) is 0 Å². The van der Waals surface area contributed by atoms with E-state index in [0.29, 0.717) is 41.0 Å². The number of nitrogens with zero attached hydrogens (tertiary/aromatic N) is 1. The monoisotopic (exact) mass is 422 g/mol. The number of likely N-dealkylation sites (tertiary alicyclic amines) is 1. The van der Waals surface area contributed by atoms with Crippen molar-refractivity contribution >= 4 is 34.8 Å². The van der Waals surface area contributed by atoms with Crippen LogP contribution in [0.15, 0.2) is 30.3 Å². The summed E-state index contributed by atoms with van der Waals surface area (Å²) in [5.41, 5.74) is 0.498. The van der Waals surface area contributed by atoms with Gasteiger partial charge in [0.15, 0.2) is 11.5 Å². The standard InChI is InChI=1S/C20H23ClN2O4S/c1-13(24)23-9-7-15(8-10-23)27-17-5-3-14(11-18(17)26-2)20(25)22-12-16-4-6-19(21)28-16/h3-6,11,15H,7-10,12H2,1-2H3,(H,22,25). The van der Waals surface area contributed by atoms with Gasteiger partial charge < -0.3 is 19.7 Å². The van der Waals surface area contributed by atoms with Crippen molar-refractivity contribution in [2.75, 3.05) is 20.2 Å². The van der Waals surface area contributed by atoms with Crippen LogP contribution < -0.4 is 14.8 Å². The molecule has 6 nitrogen and oxygen atoms in total. The molecule has 2 aromatic rings. The normalized spacial score (nSPS) is 14.6. The molecule has 0 unspecified atom stereocenters. The van der Waals surface area contributed by atoms with E-state index in [4.69, 9.17) is 21.1 Å². The number of thiophene rings is 1. The molecule has 1 aromatic heterocycles. The zero-order chi connectivity index (χ0) is 20.1. The highest BCUT2D eigenvalue weighted by Crippen LogP contribution is 2.31. The lowest BCUT2D eigenvalue weighted by atomic mass is 10.1. The number of nitrogens with one attached hydrogen (secondary N) is 1. The third-order valence-electron chi connectivity index (χ3n) is 4.66. The number of carbonyl (C=O) groups excluding carboxylic acids is 2. The number of rotatable bonds is 6. The summed E-state index contributed by atoms with van der Waals surface area (Å²) in [5, 5.41) is 2.88. The summed E-state index contributed by atoms with van der Waals surface area (Å²) >= 11 is 7.35. The smallest absolute Gasteiger partial charge is 0.251 e. The molecule has 0 bridgehead atoms. The first-order valence-electron chi connectivity index (χ1n) is 9.09. The maximum Gasteiger partial charge on any atom is 0.251 e. The zero-order valence-electron chi connectivity index (χ0n) is 15.9. The Kier molecular flexibility index (Phi) is 6.80. The number of amides is 2. The average Bonchev–Trinajstić information content (AvgIpc) is 3.12. The van der Waals surface area contributed by atoms with Gasteiger partial charge in [-0.2, -0.15) is 0 Å². The molecule has 0 aliphatic carbocycles. The first-order valence-corrected chi connectivity index (χ1v) is 10.3. The van der Waals surface area contributed by atoms with Crippen LogP contribution in [0.4, 0.5) is 0 Å². The SMILES string of the molecule is COc1cc(C(=O)NCc2ccc(Cl)s2)ccc1OC1CCN(C(C)=O)CC1. The highest BCUT2D eigenvalue weighted by Gasteiger charge is 2.23. The van der Waals surface area contributed by atoms with Gasteiger partial charge in [0.1, 0.15) is 6.10 Å². The summed E-state index contributed by atoms with van der Waals surface area (Å²) in [4.78, 5) is 26.7. The van der Waals surface area contributed by atoms with Crippen molar-refractivity contribution in [3.05, 3.63) is 45.1 Å². The van der Waals surface area contributed by atoms with E-state index in [0.717, 1.165) is 17.7 Å². The number of hydrogen-bond donors (Lipinski definition) is 1. The number of ether oxygens (including phenoxy) is 2. The van der Waals surface area contributed by atoms with Crippen molar-refractivity contribution in [1.82, 2.24) is 10.2 Å². The number of hydrogen-bond acceptors (Lipinski definition) is 5. The van der Waals surface area contributed by atoms with Crippen molar-refractivity contribution in [1.29, 1.82) is 0 Å². The van der Waals surface area contributed by atoms with Crippen LogP contribution >= 0.6 is 22.9 Å². The maximum absolute atomic E-state index is 12.4. The van der Waals surface area contributed by atoms with Gasteiger partial charge >= 0.3 is 0 Å². The van der Waals surface area contributed by atoms with Gasteiger partial charge in [-0.15, -0.1) is 11.3 Å². The Morgan fingerprint density at radius 1 is 1.21 bits per heavy atom. The second-order valence-corrected chi connectivity index (χ2v) is 8.38. The van der Waals surface area contributed by atoms with E-state index in [1.54, 1.807) is 32.2 Å². The van der Waals surface area contributed by atoms with Gasteiger partial charge in [-0.1, -0.05) is 11.6 Å². The molecule has 1 aromatic carbocycles. The van der Waals surface area contributed by atoms with E-state index < -0.39 is 0 Å². The van der Waals surface area contributed by atoms with E-state index in [2.05, 4.69) is 5.32 Å². The predicted octanol–water partition coefficient (Wildman–Crippen LogP) is 3.73. The maximum atomic E-state index is 12.4. The lowest BCUT2D eigenvalue weighted by molar-refractivity contribution is -0.130. The number of piperidine rings is 1. The number of halogens is 1. The quantitative estimate of drug-likeness (QED) is 0.770. The number of methoxy groups -OCH3 is 1. The van der Waals surface area contributed by atoms with Crippen LogP contribution in [-0.4, -0.2) is 43.0 Å². The predicted molar refractivity (Wildman–Crippen MR) is 109 cm³/mol. The molecular formula is C20H23ClN2O4S. The van der Waals surface area contributed by atoms with Gasteiger partial charge in [0, 0.05) is 43.3 Å². The molecule has 0 saturated carbocycles. The van der Waals surface area contributed by atoms with Crippen LogP contribution in [0, 0.1) is 0 Å². The van der Waals surface area contributed by atoms with Crippen LogP contribution in [0.5, 0.6) is 11.5 Å². The first-order chi connectivity index (χ1) is 13.5. The Morgan fingerprint density at radius 2 is 1.96 bits per heavy atom. The second-order valence-electron chi connectivity index (χ2n) is 6.58. The molecule has 28 heavy (non-hydrogen) atoms. The van der Waals surface area contributed by atoms with E-state index in [1.165, 1.54) is 11.3 Å². The van der Waals surface area contributed by atoms with E-state index in [1.807, 2.05) is 17.0 Å². The molecule has 1 aliphatic rings. The fourth-order valence-corrected chi connectivity index (χ4v) is 4.12. The number of carbonyl (C=O) groups is 2. The minimum atomic E-state index is -0.191. The fraction of sp³-hybridized carbons (Fsp3) is 0.400. The van der Waals surface area contributed by atoms with Crippen LogP contribution in [0.25, 0.3) is 0 Å². The molecule has 0 spiro atoms.